The second kappa shape index (κ2) is 4.78. The van der Waals surface area contributed by atoms with E-state index in [1.165, 1.54) is 0 Å². The highest BCUT2D eigenvalue weighted by molar-refractivity contribution is 5.31. The van der Waals surface area contributed by atoms with Crippen LogP contribution in [0.1, 0.15) is 19.0 Å². The van der Waals surface area contributed by atoms with E-state index < -0.39 is 0 Å². The molecule has 2 rings (SSSR count). The van der Waals surface area contributed by atoms with Crippen LogP contribution in [0.15, 0.2) is 12.3 Å². The molecule has 88 valence electrons. The third kappa shape index (κ3) is 2.32. The maximum atomic E-state index is 5.44. The van der Waals surface area contributed by atoms with Gasteiger partial charge < -0.3 is 9.64 Å². The largest absolute Gasteiger partial charge is 0.381 e. The molecule has 2 atom stereocenters. The first-order chi connectivity index (χ1) is 7.70. The van der Waals surface area contributed by atoms with Crippen molar-refractivity contribution in [3.05, 3.63) is 18.0 Å². The van der Waals surface area contributed by atoms with Gasteiger partial charge in [-0.05, 0) is 25.3 Å². The van der Waals surface area contributed by atoms with Gasteiger partial charge in [-0.25, -0.2) is 9.97 Å². The lowest BCUT2D eigenvalue weighted by Gasteiger charge is -2.36. The monoisotopic (exact) mass is 221 g/mol. The number of anilines is 1. The number of hydrogen-bond donors (Lipinski definition) is 0. The first kappa shape index (κ1) is 11.3. The molecule has 1 aromatic heterocycles. The van der Waals surface area contributed by atoms with E-state index in [0.29, 0.717) is 12.0 Å². The molecule has 0 unspecified atom stereocenters. The highest BCUT2D eigenvalue weighted by atomic mass is 16.5. The number of nitrogens with zero attached hydrogens (tertiary/aromatic N) is 3. The van der Waals surface area contributed by atoms with Crippen LogP contribution in [0.3, 0.4) is 0 Å². The van der Waals surface area contributed by atoms with Gasteiger partial charge in [0.15, 0.2) is 0 Å². The van der Waals surface area contributed by atoms with Crippen LogP contribution in [-0.4, -0.2) is 36.3 Å². The van der Waals surface area contributed by atoms with Crippen LogP contribution < -0.4 is 4.90 Å². The van der Waals surface area contributed by atoms with Gasteiger partial charge in [-0.15, -0.1) is 0 Å². The predicted octanol–water partition coefficient (Wildman–Crippen LogP) is 1.65. The quantitative estimate of drug-likeness (QED) is 0.761. The Morgan fingerprint density at radius 3 is 2.94 bits per heavy atom. The normalized spacial score (nSPS) is 25.8. The van der Waals surface area contributed by atoms with Gasteiger partial charge in [0, 0.05) is 32.1 Å². The van der Waals surface area contributed by atoms with Crippen LogP contribution in [0.4, 0.5) is 5.95 Å². The summed E-state index contributed by atoms with van der Waals surface area (Å²) >= 11 is 0. The molecule has 0 aromatic carbocycles. The summed E-state index contributed by atoms with van der Waals surface area (Å²) < 4.78 is 5.44. The number of rotatable bonds is 2. The Morgan fingerprint density at radius 1 is 1.50 bits per heavy atom. The lowest BCUT2D eigenvalue weighted by atomic mass is 9.97. The summed E-state index contributed by atoms with van der Waals surface area (Å²) in [4.78, 5) is 11.0. The molecule has 0 spiro atoms. The van der Waals surface area contributed by atoms with Gasteiger partial charge in [-0.2, -0.15) is 0 Å². The summed E-state index contributed by atoms with van der Waals surface area (Å²) in [6, 6.07) is 1.93. The number of methoxy groups -OCH3 is 1. The Hall–Kier alpha value is -1.16. The first-order valence-electron chi connectivity index (χ1n) is 5.78. The van der Waals surface area contributed by atoms with Gasteiger partial charge in [0.05, 0.1) is 6.10 Å². The van der Waals surface area contributed by atoms with Crippen LogP contribution in [0.2, 0.25) is 0 Å². The molecule has 0 radical (unpaired) electrons. The fourth-order valence-electron chi connectivity index (χ4n) is 2.24. The zero-order chi connectivity index (χ0) is 11.5. The van der Waals surface area contributed by atoms with Crippen molar-refractivity contribution < 1.29 is 4.74 Å². The molecule has 1 saturated heterocycles. The van der Waals surface area contributed by atoms with Gasteiger partial charge in [0.1, 0.15) is 0 Å². The number of aryl methyl sites for hydroxylation is 1. The van der Waals surface area contributed by atoms with E-state index in [-0.39, 0.29) is 0 Å². The molecule has 0 bridgehead atoms. The molecule has 0 N–H and O–H groups in total. The molecule has 2 heterocycles. The smallest absolute Gasteiger partial charge is 0.225 e. The molecule has 4 nitrogen and oxygen atoms in total. The topological polar surface area (TPSA) is 38.2 Å². The van der Waals surface area contributed by atoms with E-state index in [2.05, 4.69) is 21.8 Å². The Balaban J connectivity index is 2.07. The van der Waals surface area contributed by atoms with Crippen molar-refractivity contribution in [2.45, 2.75) is 26.4 Å². The van der Waals surface area contributed by atoms with E-state index in [9.17, 15) is 0 Å². The van der Waals surface area contributed by atoms with Crippen LogP contribution in [0.5, 0.6) is 0 Å². The Bertz CT molecular complexity index is 356. The van der Waals surface area contributed by atoms with Gasteiger partial charge in [0.2, 0.25) is 5.95 Å². The van der Waals surface area contributed by atoms with Crippen molar-refractivity contribution in [3.8, 4) is 0 Å². The summed E-state index contributed by atoms with van der Waals surface area (Å²) in [5.74, 6) is 1.38. The second-order valence-electron chi connectivity index (χ2n) is 4.48. The Kier molecular flexibility index (Phi) is 3.39. The number of ether oxygens (including phenoxy) is 1. The molecule has 16 heavy (non-hydrogen) atoms. The molecule has 4 heteroatoms. The number of piperidine rings is 1. The molecule has 1 aliphatic rings. The van der Waals surface area contributed by atoms with Gasteiger partial charge in [0.25, 0.3) is 0 Å². The van der Waals surface area contributed by atoms with Crippen molar-refractivity contribution >= 4 is 5.95 Å². The summed E-state index contributed by atoms with van der Waals surface area (Å²) in [7, 11) is 1.79. The summed E-state index contributed by atoms with van der Waals surface area (Å²) in [6.07, 6.45) is 3.25. The maximum absolute atomic E-state index is 5.44. The molecule has 0 saturated carbocycles. The average Bonchev–Trinajstić information content (AvgIpc) is 2.29. The van der Waals surface area contributed by atoms with Crippen LogP contribution in [-0.2, 0) is 4.74 Å². The summed E-state index contributed by atoms with van der Waals surface area (Å²) in [6.45, 7) is 6.17. The zero-order valence-corrected chi connectivity index (χ0v) is 10.2. The van der Waals surface area contributed by atoms with Crippen molar-refractivity contribution in [1.29, 1.82) is 0 Å². The fourth-order valence-corrected chi connectivity index (χ4v) is 2.24. The number of aromatic nitrogens is 2. The summed E-state index contributed by atoms with van der Waals surface area (Å²) in [5, 5.41) is 0. The summed E-state index contributed by atoms with van der Waals surface area (Å²) in [5.41, 5.74) is 1.02. The van der Waals surface area contributed by atoms with E-state index in [1.54, 1.807) is 7.11 Å². The van der Waals surface area contributed by atoms with E-state index in [1.807, 2.05) is 19.2 Å². The van der Waals surface area contributed by atoms with Crippen molar-refractivity contribution in [2.75, 3.05) is 25.1 Å². The second-order valence-corrected chi connectivity index (χ2v) is 4.48. The molecule has 1 fully saturated rings. The van der Waals surface area contributed by atoms with Crippen molar-refractivity contribution in [1.82, 2.24) is 9.97 Å². The van der Waals surface area contributed by atoms with Crippen molar-refractivity contribution in [2.24, 2.45) is 5.92 Å². The molecule has 0 amide bonds. The molecule has 0 aliphatic carbocycles. The minimum absolute atomic E-state index is 0.376. The lowest BCUT2D eigenvalue weighted by Crippen LogP contribution is -2.43. The Labute approximate surface area is 96.7 Å². The average molecular weight is 221 g/mol. The fraction of sp³-hybridized carbons (Fsp3) is 0.667. The molecule has 1 aliphatic heterocycles. The first-order valence-corrected chi connectivity index (χ1v) is 5.78. The molecular weight excluding hydrogens is 202 g/mol. The van der Waals surface area contributed by atoms with Crippen molar-refractivity contribution in [3.63, 3.8) is 0 Å². The van der Waals surface area contributed by atoms with Crippen LogP contribution in [0, 0.1) is 12.8 Å². The zero-order valence-electron chi connectivity index (χ0n) is 10.2. The SMILES string of the molecule is CO[C@@H]1CCN(c2nccc(C)n2)C[C@@H]1C. The lowest BCUT2D eigenvalue weighted by molar-refractivity contribution is 0.0442. The van der Waals surface area contributed by atoms with Gasteiger partial charge in [-0.1, -0.05) is 6.92 Å². The van der Waals surface area contributed by atoms with Crippen LogP contribution in [0.25, 0.3) is 0 Å². The highest BCUT2D eigenvalue weighted by Gasteiger charge is 2.26. The van der Waals surface area contributed by atoms with Gasteiger partial charge >= 0.3 is 0 Å². The predicted molar refractivity (Wildman–Crippen MR) is 63.6 cm³/mol. The third-order valence-electron chi connectivity index (χ3n) is 3.19. The van der Waals surface area contributed by atoms with E-state index in [0.717, 1.165) is 31.2 Å². The standard InChI is InChI=1S/C12H19N3O/c1-9-8-15(7-5-11(9)16-3)12-13-6-4-10(2)14-12/h4,6,9,11H,5,7-8H2,1-3H3/t9-,11+/m0/s1. The minimum Gasteiger partial charge on any atom is -0.381 e. The van der Waals surface area contributed by atoms with E-state index in [4.69, 9.17) is 4.74 Å². The Morgan fingerprint density at radius 2 is 2.31 bits per heavy atom. The van der Waals surface area contributed by atoms with E-state index >= 15 is 0 Å². The maximum Gasteiger partial charge on any atom is 0.225 e. The third-order valence-corrected chi connectivity index (χ3v) is 3.19. The molecule has 1 aromatic rings. The van der Waals surface area contributed by atoms with Gasteiger partial charge in [-0.3, -0.25) is 0 Å². The van der Waals surface area contributed by atoms with Crippen LogP contribution >= 0.6 is 0 Å². The molecular formula is C12H19N3O. The minimum atomic E-state index is 0.376. The highest BCUT2D eigenvalue weighted by Crippen LogP contribution is 2.22. The number of hydrogen-bond acceptors (Lipinski definition) is 4.